The van der Waals surface area contributed by atoms with Gasteiger partial charge in [-0.2, -0.15) is 0 Å². The van der Waals surface area contributed by atoms with Crippen LogP contribution in [0.15, 0.2) is 22.7 Å². The van der Waals surface area contributed by atoms with Crippen molar-refractivity contribution in [1.29, 1.82) is 0 Å². The Kier molecular flexibility index (Phi) is 4.57. The number of ether oxygens (including phenoxy) is 1. The minimum absolute atomic E-state index is 0.218. The van der Waals surface area contributed by atoms with E-state index in [-0.39, 0.29) is 6.61 Å². The maximum absolute atomic E-state index is 9.50. The Hall–Kier alpha value is -0.580. The van der Waals surface area contributed by atoms with E-state index in [0.29, 0.717) is 5.75 Å². The van der Waals surface area contributed by atoms with Crippen molar-refractivity contribution in [2.45, 2.75) is 26.1 Å². The number of rotatable bonds is 4. The molecule has 0 aliphatic rings. The fraction of sp³-hybridized carbons (Fsp3) is 0.455. The molecule has 3 nitrogen and oxygen atoms in total. The molecule has 0 heterocycles. The second kappa shape index (κ2) is 5.49. The second-order valence-corrected chi connectivity index (χ2v) is 4.43. The summed E-state index contributed by atoms with van der Waals surface area (Å²) in [5.74, 6) is 0.597. The molecule has 0 saturated carbocycles. The third-order valence-electron chi connectivity index (χ3n) is 1.91. The Morgan fingerprint density at radius 2 is 2.00 bits per heavy atom. The van der Waals surface area contributed by atoms with Crippen LogP contribution in [0.2, 0.25) is 0 Å². The molecule has 1 unspecified atom stereocenters. The van der Waals surface area contributed by atoms with Crippen molar-refractivity contribution in [2.75, 3.05) is 6.61 Å². The molecule has 4 heteroatoms. The average Bonchev–Trinajstić information content (AvgIpc) is 2.14. The van der Waals surface area contributed by atoms with E-state index in [1.54, 1.807) is 26.0 Å². The van der Waals surface area contributed by atoms with Gasteiger partial charge in [-0.3, -0.25) is 0 Å². The predicted octanol–water partition coefficient (Wildman–Crippen LogP) is 2.26. The van der Waals surface area contributed by atoms with Crippen molar-refractivity contribution in [1.82, 2.24) is 0 Å². The largest absolute Gasteiger partial charge is 0.490 e. The summed E-state index contributed by atoms with van der Waals surface area (Å²) >= 11 is 3.33. The van der Waals surface area contributed by atoms with Crippen molar-refractivity contribution in [3.05, 3.63) is 28.2 Å². The van der Waals surface area contributed by atoms with Crippen molar-refractivity contribution in [3.8, 4) is 5.75 Å². The lowest BCUT2D eigenvalue weighted by atomic mass is 10.1. The van der Waals surface area contributed by atoms with Gasteiger partial charge in [0.25, 0.3) is 0 Å². The van der Waals surface area contributed by atoms with Gasteiger partial charge in [0.15, 0.2) is 0 Å². The van der Waals surface area contributed by atoms with E-state index < -0.39 is 12.2 Å². The van der Waals surface area contributed by atoms with E-state index in [1.807, 2.05) is 6.07 Å². The van der Waals surface area contributed by atoms with Crippen LogP contribution in [0.1, 0.15) is 25.5 Å². The summed E-state index contributed by atoms with van der Waals surface area (Å²) in [4.78, 5) is 0. The van der Waals surface area contributed by atoms with Crippen LogP contribution in [-0.4, -0.2) is 22.9 Å². The maximum atomic E-state index is 9.50. The van der Waals surface area contributed by atoms with Gasteiger partial charge in [0.1, 0.15) is 12.4 Å². The maximum Gasteiger partial charge on any atom is 0.126 e. The third kappa shape index (κ3) is 3.81. The second-order valence-electron chi connectivity index (χ2n) is 3.52. The molecule has 0 radical (unpaired) electrons. The first-order valence-electron chi connectivity index (χ1n) is 4.79. The predicted molar refractivity (Wildman–Crippen MR) is 62.0 cm³/mol. The van der Waals surface area contributed by atoms with Crippen molar-refractivity contribution < 1.29 is 14.9 Å². The quantitative estimate of drug-likeness (QED) is 0.886. The van der Waals surface area contributed by atoms with Crippen LogP contribution >= 0.6 is 15.9 Å². The molecule has 2 atom stereocenters. The highest BCUT2D eigenvalue weighted by Gasteiger charge is 2.10. The van der Waals surface area contributed by atoms with Crippen LogP contribution < -0.4 is 4.74 Å². The van der Waals surface area contributed by atoms with E-state index >= 15 is 0 Å². The zero-order valence-electron chi connectivity index (χ0n) is 8.77. The van der Waals surface area contributed by atoms with Gasteiger partial charge >= 0.3 is 0 Å². The Bertz CT molecular complexity index is 324. The molecular weight excluding hydrogens is 260 g/mol. The molecule has 0 spiro atoms. The van der Waals surface area contributed by atoms with Crippen LogP contribution in [0.4, 0.5) is 0 Å². The van der Waals surface area contributed by atoms with E-state index in [2.05, 4.69) is 15.9 Å². The van der Waals surface area contributed by atoms with Gasteiger partial charge in [-0.1, -0.05) is 22.0 Å². The summed E-state index contributed by atoms with van der Waals surface area (Å²) in [7, 11) is 0. The standard InChI is InChI=1S/C11H15BrO3/c1-7(13)6-15-11-5-9(12)3-4-10(11)8(2)14/h3-5,7-8,13-14H,6H2,1-2H3/t7?,8-/m0/s1. The first-order chi connectivity index (χ1) is 7.00. The summed E-state index contributed by atoms with van der Waals surface area (Å²) in [6.07, 6.45) is -1.10. The fourth-order valence-corrected chi connectivity index (χ4v) is 1.53. The highest BCUT2D eigenvalue weighted by Crippen LogP contribution is 2.28. The molecule has 15 heavy (non-hydrogen) atoms. The van der Waals surface area contributed by atoms with E-state index in [4.69, 9.17) is 9.84 Å². The topological polar surface area (TPSA) is 49.7 Å². The van der Waals surface area contributed by atoms with Gasteiger partial charge in [0.05, 0.1) is 12.2 Å². The minimum Gasteiger partial charge on any atom is -0.490 e. The van der Waals surface area contributed by atoms with Crippen molar-refractivity contribution >= 4 is 15.9 Å². The molecule has 84 valence electrons. The highest BCUT2D eigenvalue weighted by molar-refractivity contribution is 9.10. The molecule has 0 aromatic heterocycles. The van der Waals surface area contributed by atoms with E-state index in [9.17, 15) is 5.11 Å². The average molecular weight is 275 g/mol. The molecular formula is C11H15BrO3. The van der Waals surface area contributed by atoms with Crippen molar-refractivity contribution in [2.24, 2.45) is 0 Å². The highest BCUT2D eigenvalue weighted by atomic mass is 79.9. The SMILES string of the molecule is CC(O)COc1cc(Br)ccc1[C@H](C)O. The lowest BCUT2D eigenvalue weighted by molar-refractivity contribution is 0.118. The van der Waals surface area contributed by atoms with Gasteiger partial charge in [-0.15, -0.1) is 0 Å². The van der Waals surface area contributed by atoms with Gasteiger partial charge in [-0.05, 0) is 26.0 Å². The first-order valence-corrected chi connectivity index (χ1v) is 5.58. The lowest BCUT2D eigenvalue weighted by Crippen LogP contribution is -2.14. The van der Waals surface area contributed by atoms with Gasteiger partial charge in [-0.25, -0.2) is 0 Å². The smallest absolute Gasteiger partial charge is 0.126 e. The Balaban J connectivity index is 2.87. The minimum atomic E-state index is -0.581. The Morgan fingerprint density at radius 3 is 2.53 bits per heavy atom. The van der Waals surface area contributed by atoms with Crippen LogP contribution in [0.3, 0.4) is 0 Å². The zero-order chi connectivity index (χ0) is 11.4. The van der Waals surface area contributed by atoms with Crippen LogP contribution in [0, 0.1) is 0 Å². The van der Waals surface area contributed by atoms with Crippen LogP contribution in [0.25, 0.3) is 0 Å². The molecule has 2 N–H and O–H groups in total. The van der Waals surface area contributed by atoms with E-state index in [1.165, 1.54) is 0 Å². The lowest BCUT2D eigenvalue weighted by Gasteiger charge is -2.14. The zero-order valence-corrected chi connectivity index (χ0v) is 10.4. The molecule has 1 aromatic rings. The first kappa shape index (κ1) is 12.5. The van der Waals surface area contributed by atoms with Gasteiger partial charge in [0, 0.05) is 10.0 Å². The molecule has 1 rings (SSSR count). The summed E-state index contributed by atoms with van der Waals surface area (Å²) in [6, 6.07) is 5.42. The van der Waals surface area contributed by atoms with E-state index in [0.717, 1.165) is 10.0 Å². The molecule has 0 saturated heterocycles. The number of hydrogen-bond donors (Lipinski definition) is 2. The number of hydrogen-bond acceptors (Lipinski definition) is 3. The number of halogens is 1. The normalized spacial score (nSPS) is 14.7. The third-order valence-corrected chi connectivity index (χ3v) is 2.40. The molecule has 0 amide bonds. The van der Waals surface area contributed by atoms with Gasteiger partial charge in [0.2, 0.25) is 0 Å². The fourth-order valence-electron chi connectivity index (χ4n) is 1.19. The monoisotopic (exact) mass is 274 g/mol. The Labute approximate surface area is 97.8 Å². The summed E-state index contributed by atoms with van der Waals surface area (Å²) in [5, 5.41) is 18.6. The molecule has 1 aromatic carbocycles. The number of aliphatic hydroxyl groups is 2. The number of benzene rings is 1. The van der Waals surface area contributed by atoms with Crippen molar-refractivity contribution in [3.63, 3.8) is 0 Å². The summed E-state index contributed by atoms with van der Waals surface area (Å²) in [6.45, 7) is 3.55. The summed E-state index contributed by atoms with van der Waals surface area (Å²) < 4.78 is 6.28. The molecule has 0 fully saturated rings. The molecule has 0 bridgehead atoms. The summed E-state index contributed by atoms with van der Waals surface area (Å²) in [5.41, 5.74) is 0.721. The molecule has 0 aliphatic carbocycles. The van der Waals surface area contributed by atoms with Crippen LogP contribution in [-0.2, 0) is 0 Å². The van der Waals surface area contributed by atoms with Crippen LogP contribution in [0.5, 0.6) is 5.75 Å². The Morgan fingerprint density at radius 1 is 1.33 bits per heavy atom. The van der Waals surface area contributed by atoms with Gasteiger partial charge < -0.3 is 14.9 Å². The molecule has 0 aliphatic heterocycles. The number of aliphatic hydroxyl groups excluding tert-OH is 2.